The number of aliphatic hydroxyl groups is 2. The van der Waals surface area contributed by atoms with Crippen LogP contribution in [0.5, 0.6) is 0 Å². The third-order valence-electron chi connectivity index (χ3n) is 2.91. The van der Waals surface area contributed by atoms with E-state index in [4.69, 9.17) is 5.73 Å². The van der Waals surface area contributed by atoms with Gasteiger partial charge in [0.25, 0.3) is 0 Å². The van der Waals surface area contributed by atoms with Crippen molar-refractivity contribution in [1.82, 2.24) is 10.6 Å². The fourth-order valence-electron chi connectivity index (χ4n) is 1.61. The molecule has 0 unspecified atom stereocenters. The normalized spacial score (nSPS) is 31.8. The highest BCUT2D eigenvalue weighted by atomic mass is 16.3. The zero-order chi connectivity index (χ0) is 12.3. The van der Waals surface area contributed by atoms with Crippen LogP contribution in [0.4, 0.5) is 0 Å². The van der Waals surface area contributed by atoms with Crippen molar-refractivity contribution in [2.75, 3.05) is 13.1 Å². The van der Waals surface area contributed by atoms with Gasteiger partial charge in [-0.05, 0) is 5.92 Å². The molecule has 1 rings (SSSR count). The lowest BCUT2D eigenvalue weighted by Gasteiger charge is -2.19. The van der Waals surface area contributed by atoms with E-state index in [1.54, 1.807) is 0 Å². The summed E-state index contributed by atoms with van der Waals surface area (Å²) in [6.45, 7) is 4.36. The lowest BCUT2D eigenvalue weighted by Crippen LogP contribution is -2.49. The van der Waals surface area contributed by atoms with E-state index in [-0.39, 0.29) is 24.4 Å². The zero-order valence-electron chi connectivity index (χ0n) is 9.68. The van der Waals surface area contributed by atoms with E-state index in [2.05, 4.69) is 10.6 Å². The smallest absolute Gasteiger partial charge is 0.237 e. The fraction of sp³-hybridized carbons (Fsp3) is 0.900. The summed E-state index contributed by atoms with van der Waals surface area (Å²) in [6, 6.07) is -0.846. The molecule has 6 nitrogen and oxygen atoms in total. The molecule has 1 aliphatic rings. The number of rotatable bonds is 4. The number of carbonyl (C=O) groups is 1. The first-order valence-corrected chi connectivity index (χ1v) is 5.56. The van der Waals surface area contributed by atoms with Crippen molar-refractivity contribution >= 4 is 5.91 Å². The SMILES string of the molecule is CC(C)[C@H](N)C(=O)NC[C@H]1NC[C@H](O)[C@H]1O. The molecule has 0 aromatic rings. The number of β-amino-alcohol motifs (C(OH)–C–C–N with tert-alkyl or cyclic N) is 1. The number of nitrogens with two attached hydrogens (primary N) is 1. The molecule has 1 amide bonds. The number of hydrogen-bond acceptors (Lipinski definition) is 5. The third kappa shape index (κ3) is 3.15. The Hall–Kier alpha value is -0.690. The average Bonchev–Trinajstić information content (AvgIpc) is 2.55. The van der Waals surface area contributed by atoms with E-state index < -0.39 is 18.2 Å². The highest BCUT2D eigenvalue weighted by Crippen LogP contribution is 2.07. The summed E-state index contributed by atoms with van der Waals surface area (Å²) in [4.78, 5) is 11.5. The van der Waals surface area contributed by atoms with E-state index >= 15 is 0 Å². The third-order valence-corrected chi connectivity index (χ3v) is 2.91. The van der Waals surface area contributed by atoms with Gasteiger partial charge in [-0.15, -0.1) is 0 Å². The number of nitrogens with one attached hydrogen (secondary N) is 2. The first kappa shape index (κ1) is 13.4. The van der Waals surface area contributed by atoms with E-state index in [1.807, 2.05) is 13.8 Å². The monoisotopic (exact) mass is 231 g/mol. The molecule has 1 aliphatic heterocycles. The van der Waals surface area contributed by atoms with Gasteiger partial charge in [0.15, 0.2) is 0 Å². The minimum absolute atomic E-state index is 0.0760. The minimum atomic E-state index is -0.837. The van der Waals surface area contributed by atoms with E-state index in [0.717, 1.165) is 0 Å². The molecule has 0 radical (unpaired) electrons. The van der Waals surface area contributed by atoms with Crippen LogP contribution >= 0.6 is 0 Å². The Bertz CT molecular complexity index is 247. The van der Waals surface area contributed by atoms with Gasteiger partial charge in [0.05, 0.1) is 24.3 Å². The summed E-state index contributed by atoms with van der Waals surface area (Å²) >= 11 is 0. The van der Waals surface area contributed by atoms with Gasteiger partial charge in [0, 0.05) is 13.1 Å². The molecule has 1 heterocycles. The van der Waals surface area contributed by atoms with Crippen molar-refractivity contribution in [2.24, 2.45) is 11.7 Å². The molecular formula is C10H21N3O3. The Kier molecular flexibility index (Phi) is 4.67. The largest absolute Gasteiger partial charge is 0.389 e. The molecule has 0 aromatic carbocycles. The first-order valence-electron chi connectivity index (χ1n) is 5.56. The molecule has 0 aliphatic carbocycles. The average molecular weight is 231 g/mol. The van der Waals surface area contributed by atoms with Crippen LogP contribution < -0.4 is 16.4 Å². The van der Waals surface area contributed by atoms with Crippen molar-refractivity contribution in [2.45, 2.75) is 38.1 Å². The molecule has 1 saturated heterocycles. The molecule has 0 bridgehead atoms. The van der Waals surface area contributed by atoms with Crippen molar-refractivity contribution < 1.29 is 15.0 Å². The maximum absolute atomic E-state index is 11.5. The van der Waals surface area contributed by atoms with Gasteiger partial charge in [-0.25, -0.2) is 0 Å². The summed E-state index contributed by atoms with van der Waals surface area (Å²) in [5.41, 5.74) is 5.66. The Morgan fingerprint density at radius 1 is 1.56 bits per heavy atom. The molecule has 0 saturated carbocycles. The van der Waals surface area contributed by atoms with Crippen LogP contribution in [0.25, 0.3) is 0 Å². The lowest BCUT2D eigenvalue weighted by atomic mass is 10.0. The van der Waals surface area contributed by atoms with Gasteiger partial charge in [0.1, 0.15) is 0 Å². The summed E-state index contributed by atoms with van der Waals surface area (Å²) < 4.78 is 0. The minimum Gasteiger partial charge on any atom is -0.389 e. The van der Waals surface area contributed by atoms with Crippen molar-refractivity contribution in [3.05, 3.63) is 0 Å². The highest BCUT2D eigenvalue weighted by molar-refractivity contribution is 5.81. The molecule has 6 heteroatoms. The molecule has 4 atom stereocenters. The zero-order valence-corrected chi connectivity index (χ0v) is 9.68. The predicted octanol–water partition coefficient (Wildman–Crippen LogP) is -2.22. The molecule has 16 heavy (non-hydrogen) atoms. The first-order chi connectivity index (χ1) is 7.43. The molecule has 6 N–H and O–H groups in total. The van der Waals surface area contributed by atoms with Gasteiger partial charge in [0.2, 0.25) is 5.91 Å². The molecular weight excluding hydrogens is 210 g/mol. The summed E-state index contributed by atoms with van der Waals surface area (Å²) in [5.74, 6) is -0.155. The van der Waals surface area contributed by atoms with Crippen LogP contribution in [0.1, 0.15) is 13.8 Å². The second kappa shape index (κ2) is 5.58. The maximum atomic E-state index is 11.5. The molecule has 0 aromatic heterocycles. The van der Waals surface area contributed by atoms with E-state index in [1.165, 1.54) is 0 Å². The van der Waals surface area contributed by atoms with Crippen LogP contribution in [-0.2, 0) is 4.79 Å². The van der Waals surface area contributed by atoms with Crippen LogP contribution in [-0.4, -0.2) is 53.5 Å². The fourth-order valence-corrected chi connectivity index (χ4v) is 1.61. The number of aliphatic hydroxyl groups excluding tert-OH is 2. The Balaban J connectivity index is 2.32. The Morgan fingerprint density at radius 2 is 2.19 bits per heavy atom. The second-order valence-corrected chi connectivity index (χ2v) is 4.59. The maximum Gasteiger partial charge on any atom is 0.237 e. The van der Waals surface area contributed by atoms with Crippen molar-refractivity contribution in [1.29, 1.82) is 0 Å². The Morgan fingerprint density at radius 3 is 2.62 bits per heavy atom. The number of amides is 1. The highest BCUT2D eigenvalue weighted by Gasteiger charge is 2.33. The molecule has 0 spiro atoms. The lowest BCUT2D eigenvalue weighted by molar-refractivity contribution is -0.123. The van der Waals surface area contributed by atoms with Gasteiger partial charge >= 0.3 is 0 Å². The molecule has 94 valence electrons. The van der Waals surface area contributed by atoms with Gasteiger partial charge in [-0.1, -0.05) is 13.8 Å². The second-order valence-electron chi connectivity index (χ2n) is 4.59. The molecule has 1 fully saturated rings. The topological polar surface area (TPSA) is 108 Å². The van der Waals surface area contributed by atoms with Crippen LogP contribution in [0.2, 0.25) is 0 Å². The summed E-state index contributed by atoms with van der Waals surface area (Å²) in [5, 5.41) is 24.4. The van der Waals surface area contributed by atoms with Crippen molar-refractivity contribution in [3.8, 4) is 0 Å². The Labute approximate surface area is 95.2 Å². The summed E-state index contributed by atoms with van der Waals surface area (Å²) in [6.07, 6.45) is -1.60. The van der Waals surface area contributed by atoms with Crippen molar-refractivity contribution in [3.63, 3.8) is 0 Å². The van der Waals surface area contributed by atoms with Crippen LogP contribution in [0.15, 0.2) is 0 Å². The van der Waals surface area contributed by atoms with Gasteiger partial charge in [-0.2, -0.15) is 0 Å². The predicted molar refractivity (Wildman–Crippen MR) is 59.6 cm³/mol. The standard InChI is InChI=1S/C10H21N3O3/c1-5(2)8(11)10(16)13-3-6-9(15)7(14)4-12-6/h5-9,12,14-15H,3-4,11H2,1-2H3,(H,13,16)/t6-,7+,8+,9+/m1/s1. The number of hydrogen-bond donors (Lipinski definition) is 5. The van der Waals surface area contributed by atoms with Crippen LogP contribution in [0.3, 0.4) is 0 Å². The van der Waals surface area contributed by atoms with Gasteiger partial charge in [-0.3, -0.25) is 4.79 Å². The van der Waals surface area contributed by atoms with Gasteiger partial charge < -0.3 is 26.6 Å². The van der Waals surface area contributed by atoms with E-state index in [9.17, 15) is 15.0 Å². The summed E-state index contributed by atoms with van der Waals surface area (Å²) in [7, 11) is 0. The van der Waals surface area contributed by atoms with E-state index in [0.29, 0.717) is 6.54 Å². The van der Waals surface area contributed by atoms with Crippen LogP contribution in [0, 0.1) is 5.92 Å². The quantitative estimate of drug-likeness (QED) is 0.377. The number of carbonyl (C=O) groups excluding carboxylic acids is 1.